The Morgan fingerprint density at radius 1 is 1.31 bits per heavy atom. The second-order valence-corrected chi connectivity index (χ2v) is 4.26. The molecule has 0 amide bonds. The van der Waals surface area contributed by atoms with Gasteiger partial charge in [0.2, 0.25) is 0 Å². The summed E-state index contributed by atoms with van der Waals surface area (Å²) in [6.45, 7) is 3.70. The molecule has 0 aliphatic rings. The van der Waals surface area contributed by atoms with Gasteiger partial charge in [-0.15, -0.1) is 0 Å². The lowest BCUT2D eigenvalue weighted by Gasteiger charge is -2.07. The van der Waals surface area contributed by atoms with Crippen molar-refractivity contribution in [3.8, 4) is 0 Å². The fourth-order valence-electron chi connectivity index (χ4n) is 0.999. The topological polar surface area (TPSA) is 72.2 Å². The lowest BCUT2D eigenvalue weighted by atomic mass is 10.1. The van der Waals surface area contributed by atoms with Gasteiger partial charge in [0.25, 0.3) is 10.2 Å². The molecule has 0 heterocycles. The van der Waals surface area contributed by atoms with Gasteiger partial charge in [-0.2, -0.15) is 8.42 Å². The molecule has 0 aliphatic heterocycles. The second-order valence-electron chi connectivity index (χ2n) is 2.97. The maximum Gasteiger partial charge on any atom is 0.296 e. The third kappa shape index (κ3) is 3.04. The molecular weight excluding hydrogens is 188 g/mol. The maximum atomic E-state index is 10.7. The number of rotatable bonds is 2. The van der Waals surface area contributed by atoms with E-state index in [1.165, 1.54) is 0 Å². The summed E-state index contributed by atoms with van der Waals surface area (Å²) in [7, 11) is -3.67. The van der Waals surface area contributed by atoms with E-state index in [9.17, 15) is 8.42 Å². The molecule has 3 N–H and O–H groups in total. The van der Waals surface area contributed by atoms with E-state index >= 15 is 0 Å². The molecule has 1 aromatic carbocycles. The number of hydrogen-bond donors (Lipinski definition) is 2. The highest BCUT2D eigenvalue weighted by molar-refractivity contribution is 7.90. The van der Waals surface area contributed by atoms with Crippen LogP contribution in [0.1, 0.15) is 11.1 Å². The number of anilines is 1. The second kappa shape index (κ2) is 3.35. The van der Waals surface area contributed by atoms with Crippen molar-refractivity contribution in [3.05, 3.63) is 29.3 Å². The Morgan fingerprint density at radius 3 is 2.46 bits per heavy atom. The van der Waals surface area contributed by atoms with Crippen molar-refractivity contribution in [3.63, 3.8) is 0 Å². The number of benzene rings is 1. The van der Waals surface area contributed by atoms with Crippen molar-refractivity contribution in [1.82, 2.24) is 0 Å². The van der Waals surface area contributed by atoms with Crippen LogP contribution >= 0.6 is 0 Å². The Morgan fingerprint density at radius 2 is 1.92 bits per heavy atom. The van der Waals surface area contributed by atoms with Crippen molar-refractivity contribution < 1.29 is 8.42 Å². The highest BCUT2D eigenvalue weighted by Gasteiger charge is 2.04. The van der Waals surface area contributed by atoms with Gasteiger partial charge in [0.1, 0.15) is 0 Å². The SMILES string of the molecule is Cc1ccc(C)c(NS(N)(=O)=O)c1. The highest BCUT2D eigenvalue weighted by atomic mass is 32.2. The van der Waals surface area contributed by atoms with Crippen LogP contribution in [0.15, 0.2) is 18.2 Å². The van der Waals surface area contributed by atoms with Crippen molar-refractivity contribution in [2.75, 3.05) is 4.72 Å². The minimum atomic E-state index is -3.67. The third-order valence-corrected chi connectivity index (χ3v) is 2.15. The fourth-order valence-corrected chi connectivity index (χ4v) is 1.53. The molecule has 5 heteroatoms. The van der Waals surface area contributed by atoms with Crippen LogP contribution in [0.5, 0.6) is 0 Å². The fraction of sp³-hybridized carbons (Fsp3) is 0.250. The molecule has 0 saturated carbocycles. The number of aryl methyl sites for hydroxylation is 2. The third-order valence-electron chi connectivity index (χ3n) is 1.65. The highest BCUT2D eigenvalue weighted by Crippen LogP contribution is 2.16. The van der Waals surface area contributed by atoms with E-state index < -0.39 is 10.2 Å². The molecule has 1 aromatic rings. The Balaban J connectivity index is 3.08. The summed E-state index contributed by atoms with van der Waals surface area (Å²) in [5.41, 5.74) is 2.36. The van der Waals surface area contributed by atoms with Crippen LogP contribution < -0.4 is 9.86 Å². The number of nitrogens with one attached hydrogen (secondary N) is 1. The molecule has 4 nitrogen and oxygen atoms in total. The Hall–Kier alpha value is -1.07. The van der Waals surface area contributed by atoms with E-state index in [1.807, 2.05) is 26.0 Å². The normalized spacial score (nSPS) is 11.3. The summed E-state index contributed by atoms with van der Waals surface area (Å²) in [6, 6.07) is 5.48. The quantitative estimate of drug-likeness (QED) is 0.745. The minimum Gasteiger partial charge on any atom is -0.271 e. The van der Waals surface area contributed by atoms with Gasteiger partial charge in [-0.3, -0.25) is 4.72 Å². The van der Waals surface area contributed by atoms with Gasteiger partial charge in [-0.05, 0) is 31.0 Å². The van der Waals surface area contributed by atoms with E-state index in [1.54, 1.807) is 6.07 Å². The summed E-state index contributed by atoms with van der Waals surface area (Å²) >= 11 is 0. The minimum absolute atomic E-state index is 0.530. The smallest absolute Gasteiger partial charge is 0.271 e. The standard InChI is InChI=1S/C8H12N2O2S/c1-6-3-4-7(2)8(5-6)10-13(9,11)12/h3-5,10H,1-2H3,(H2,9,11,12). The van der Waals surface area contributed by atoms with Gasteiger partial charge >= 0.3 is 0 Å². The molecule has 0 aliphatic carbocycles. The van der Waals surface area contributed by atoms with Crippen LogP contribution in [0.4, 0.5) is 5.69 Å². The zero-order chi connectivity index (χ0) is 10.1. The zero-order valence-corrected chi connectivity index (χ0v) is 8.35. The zero-order valence-electron chi connectivity index (χ0n) is 7.53. The first-order valence-corrected chi connectivity index (χ1v) is 5.31. The molecule has 0 spiro atoms. The molecule has 0 radical (unpaired) electrons. The van der Waals surface area contributed by atoms with Crippen molar-refractivity contribution in [2.24, 2.45) is 5.14 Å². The average molecular weight is 200 g/mol. The van der Waals surface area contributed by atoms with Crippen LogP contribution in [0.25, 0.3) is 0 Å². The molecule has 72 valence electrons. The molecular formula is C8H12N2O2S. The average Bonchev–Trinajstić information content (AvgIpc) is 1.94. The Labute approximate surface area is 77.9 Å². The molecule has 13 heavy (non-hydrogen) atoms. The number of hydrogen-bond acceptors (Lipinski definition) is 2. The van der Waals surface area contributed by atoms with E-state index in [0.717, 1.165) is 11.1 Å². The molecule has 0 saturated heterocycles. The van der Waals surface area contributed by atoms with Gasteiger partial charge in [-0.1, -0.05) is 12.1 Å². The first-order valence-electron chi connectivity index (χ1n) is 3.76. The van der Waals surface area contributed by atoms with E-state index in [-0.39, 0.29) is 0 Å². The molecule has 1 rings (SSSR count). The van der Waals surface area contributed by atoms with Crippen LogP contribution in [-0.2, 0) is 10.2 Å². The molecule has 0 atom stereocenters. The lowest BCUT2D eigenvalue weighted by Crippen LogP contribution is -2.22. The van der Waals surface area contributed by atoms with Crippen molar-refractivity contribution in [2.45, 2.75) is 13.8 Å². The maximum absolute atomic E-state index is 10.7. The summed E-state index contributed by atoms with van der Waals surface area (Å²) in [6.07, 6.45) is 0. The first-order chi connectivity index (χ1) is 5.88. The van der Waals surface area contributed by atoms with Gasteiger partial charge in [0.15, 0.2) is 0 Å². The van der Waals surface area contributed by atoms with Crippen LogP contribution in [0.2, 0.25) is 0 Å². The van der Waals surface area contributed by atoms with Crippen LogP contribution in [0.3, 0.4) is 0 Å². The van der Waals surface area contributed by atoms with Gasteiger partial charge in [0, 0.05) is 0 Å². The number of nitrogens with two attached hydrogens (primary N) is 1. The van der Waals surface area contributed by atoms with Gasteiger partial charge in [0.05, 0.1) is 5.69 Å². The predicted octanol–water partition coefficient (Wildman–Crippen LogP) is 0.919. The van der Waals surface area contributed by atoms with Gasteiger partial charge in [-0.25, -0.2) is 5.14 Å². The largest absolute Gasteiger partial charge is 0.296 e. The van der Waals surface area contributed by atoms with E-state index in [4.69, 9.17) is 5.14 Å². The van der Waals surface area contributed by atoms with Crippen LogP contribution in [0, 0.1) is 13.8 Å². The van der Waals surface area contributed by atoms with E-state index in [0.29, 0.717) is 5.69 Å². The summed E-state index contributed by atoms with van der Waals surface area (Å²) in [5.74, 6) is 0. The first kappa shape index (κ1) is 10.0. The van der Waals surface area contributed by atoms with E-state index in [2.05, 4.69) is 4.72 Å². The van der Waals surface area contributed by atoms with Gasteiger partial charge < -0.3 is 0 Å². The predicted molar refractivity (Wildman–Crippen MR) is 52.6 cm³/mol. The van der Waals surface area contributed by atoms with Crippen molar-refractivity contribution in [1.29, 1.82) is 0 Å². The molecule has 0 bridgehead atoms. The van der Waals surface area contributed by atoms with Crippen molar-refractivity contribution >= 4 is 15.9 Å². The Bertz CT molecular complexity index is 412. The summed E-state index contributed by atoms with van der Waals surface area (Å²) in [4.78, 5) is 0. The molecule has 0 unspecified atom stereocenters. The molecule has 0 aromatic heterocycles. The summed E-state index contributed by atoms with van der Waals surface area (Å²) < 4.78 is 23.7. The summed E-state index contributed by atoms with van der Waals surface area (Å²) in [5, 5.41) is 4.85. The monoisotopic (exact) mass is 200 g/mol. The molecule has 0 fully saturated rings. The Kier molecular flexibility index (Phi) is 2.58. The lowest BCUT2D eigenvalue weighted by molar-refractivity contribution is 0.603. The van der Waals surface area contributed by atoms with Crippen LogP contribution in [-0.4, -0.2) is 8.42 Å².